The molecule has 0 unspecified atom stereocenters. The van der Waals surface area contributed by atoms with Crippen LogP contribution in [0.15, 0.2) is 0 Å². The van der Waals surface area contributed by atoms with Gasteiger partial charge in [-0.1, -0.05) is 0 Å². The number of hydrogen-bond acceptors (Lipinski definition) is 2. The van der Waals surface area contributed by atoms with E-state index in [2.05, 4.69) is 0 Å². The maximum Gasteiger partial charge on any atom is -0.0428 e. The molecule has 0 rings (SSSR count). The molecule has 0 atom stereocenters. The summed E-state index contributed by atoms with van der Waals surface area (Å²) in [4.78, 5) is 0. The molecule has 0 saturated heterocycles. The van der Waals surface area contributed by atoms with Gasteiger partial charge in [-0.05, 0) is 12.5 Å². The molecule has 0 aliphatic rings. The van der Waals surface area contributed by atoms with Crippen molar-refractivity contribution in [2.75, 3.05) is 12.5 Å². The molecular weight excluding hydrogens is 120 g/mol. The average Bonchev–Trinajstić information content (AvgIpc) is 1.36. The third-order valence-electron chi connectivity index (χ3n) is 0.285. The third kappa shape index (κ3) is 2.68. The smallest absolute Gasteiger partial charge is 0.0428 e. The van der Waals surface area contributed by atoms with Crippen LogP contribution < -0.4 is 0 Å². The van der Waals surface area contributed by atoms with Gasteiger partial charge in [0.1, 0.15) is 0 Å². The fourth-order valence-electron chi connectivity index (χ4n) is 0. The van der Waals surface area contributed by atoms with Gasteiger partial charge >= 0.3 is 0 Å². The second-order valence-electron chi connectivity index (χ2n) is 0.959. The van der Waals surface area contributed by atoms with Gasteiger partial charge in [0.15, 0.2) is 0 Å². The summed E-state index contributed by atoms with van der Waals surface area (Å²) >= 11 is 0. The molecule has 0 radical (unpaired) electrons. The SMILES string of the molecule is CS(C)=[S-](=O)O. The number of rotatable bonds is 0. The predicted molar refractivity (Wildman–Crippen MR) is 29.9 cm³/mol. The lowest BCUT2D eigenvalue weighted by Gasteiger charge is -1.94. The summed E-state index contributed by atoms with van der Waals surface area (Å²) < 4.78 is 17.9. The molecule has 0 aliphatic heterocycles. The molecule has 0 aromatic heterocycles. The zero-order valence-electron chi connectivity index (χ0n) is 3.67. The van der Waals surface area contributed by atoms with Crippen molar-refractivity contribution >= 4 is 19.1 Å². The Morgan fingerprint density at radius 3 is 1.83 bits per heavy atom. The van der Waals surface area contributed by atoms with E-state index in [-0.39, 0.29) is 9.45 Å². The summed E-state index contributed by atoms with van der Waals surface area (Å²) in [6.07, 6.45) is 3.44. The minimum atomic E-state index is -1.59. The Hall–Kier alpha value is 0.460. The molecular formula is C2H7O2S2-. The van der Waals surface area contributed by atoms with E-state index in [0.29, 0.717) is 0 Å². The van der Waals surface area contributed by atoms with Crippen molar-refractivity contribution < 1.29 is 8.76 Å². The van der Waals surface area contributed by atoms with E-state index in [1.807, 2.05) is 0 Å². The van der Waals surface area contributed by atoms with Crippen molar-refractivity contribution in [2.45, 2.75) is 0 Å². The van der Waals surface area contributed by atoms with E-state index in [1.165, 1.54) is 0 Å². The van der Waals surface area contributed by atoms with Gasteiger partial charge < -0.3 is 8.76 Å². The van der Waals surface area contributed by atoms with E-state index in [1.54, 1.807) is 12.5 Å². The second-order valence-corrected chi connectivity index (χ2v) is 5.73. The fourth-order valence-corrected chi connectivity index (χ4v) is 0. The van der Waals surface area contributed by atoms with E-state index >= 15 is 0 Å². The number of hydrogen-bond donors (Lipinski definition) is 1. The van der Waals surface area contributed by atoms with Crippen LogP contribution in [0.3, 0.4) is 0 Å². The van der Waals surface area contributed by atoms with Gasteiger partial charge in [0.25, 0.3) is 0 Å². The maximum absolute atomic E-state index is 9.82. The monoisotopic (exact) mass is 127 g/mol. The van der Waals surface area contributed by atoms with E-state index in [4.69, 9.17) is 4.55 Å². The van der Waals surface area contributed by atoms with Crippen LogP contribution in [0.25, 0.3) is 0 Å². The molecule has 40 valence electrons. The van der Waals surface area contributed by atoms with Crippen molar-refractivity contribution in [3.8, 4) is 0 Å². The molecule has 0 aromatic carbocycles. The molecule has 0 bridgehead atoms. The molecule has 1 N–H and O–H groups in total. The van der Waals surface area contributed by atoms with Gasteiger partial charge in [-0.2, -0.15) is 0 Å². The Morgan fingerprint density at radius 2 is 1.83 bits per heavy atom. The fraction of sp³-hybridized carbons (Fsp3) is 1.00. The zero-order valence-corrected chi connectivity index (χ0v) is 5.30. The Balaban J connectivity index is 4.08. The average molecular weight is 127 g/mol. The summed E-state index contributed by atoms with van der Waals surface area (Å²) in [7, 11) is -1.93. The minimum absolute atomic E-state index is 0.340. The van der Waals surface area contributed by atoms with Crippen molar-refractivity contribution in [2.24, 2.45) is 0 Å². The Kier molecular flexibility index (Phi) is 2.80. The molecule has 0 fully saturated rings. The van der Waals surface area contributed by atoms with Crippen LogP contribution in [0.4, 0.5) is 0 Å². The van der Waals surface area contributed by atoms with Crippen LogP contribution in [0.1, 0.15) is 0 Å². The normalized spacial score (nSPS) is 10.8. The quantitative estimate of drug-likeness (QED) is 0.373. The Labute approximate surface area is 41.0 Å². The van der Waals surface area contributed by atoms with Gasteiger partial charge in [-0.3, -0.25) is 9.45 Å². The highest BCUT2D eigenvalue weighted by Gasteiger charge is 1.54. The molecule has 0 aromatic rings. The molecule has 0 aliphatic carbocycles. The van der Waals surface area contributed by atoms with Crippen LogP contribution in [-0.2, 0) is 23.3 Å². The molecule has 0 heterocycles. The summed E-state index contributed by atoms with van der Waals surface area (Å²) in [5.41, 5.74) is 0. The molecule has 0 spiro atoms. The van der Waals surface area contributed by atoms with Gasteiger partial charge in [-0.15, -0.1) is 9.64 Å². The second kappa shape index (κ2) is 2.60. The van der Waals surface area contributed by atoms with Crippen molar-refractivity contribution in [3.63, 3.8) is 0 Å². The van der Waals surface area contributed by atoms with Crippen LogP contribution in [0, 0.1) is 0 Å². The lowest BCUT2D eigenvalue weighted by molar-refractivity contribution is 0.535. The molecule has 2 nitrogen and oxygen atoms in total. The third-order valence-corrected chi connectivity index (χ3v) is 2.57. The first-order valence-corrected chi connectivity index (χ1v) is 5.00. The summed E-state index contributed by atoms with van der Waals surface area (Å²) in [6.45, 7) is 0. The van der Waals surface area contributed by atoms with Crippen molar-refractivity contribution in [3.05, 3.63) is 0 Å². The van der Waals surface area contributed by atoms with E-state index in [0.717, 1.165) is 0 Å². The van der Waals surface area contributed by atoms with Crippen molar-refractivity contribution in [1.29, 1.82) is 0 Å². The first-order chi connectivity index (χ1) is 2.64. The molecule has 0 amide bonds. The Bertz CT molecular complexity index is 107. The van der Waals surface area contributed by atoms with Gasteiger partial charge in [0, 0.05) is 0 Å². The largest absolute Gasteiger partial charge is 0.462 e. The lowest BCUT2D eigenvalue weighted by atomic mass is 11.9. The summed E-state index contributed by atoms with van der Waals surface area (Å²) in [6, 6.07) is 0. The highest BCUT2D eigenvalue weighted by Crippen LogP contribution is 1.66. The minimum Gasteiger partial charge on any atom is -0.462 e. The molecule has 4 heteroatoms. The van der Waals surface area contributed by atoms with Crippen molar-refractivity contribution in [1.82, 2.24) is 0 Å². The predicted octanol–water partition coefficient (Wildman–Crippen LogP) is 0.216. The summed E-state index contributed by atoms with van der Waals surface area (Å²) in [5.74, 6) is 0. The topological polar surface area (TPSA) is 37.3 Å². The Morgan fingerprint density at radius 1 is 1.67 bits per heavy atom. The van der Waals surface area contributed by atoms with Crippen LogP contribution in [0.2, 0.25) is 0 Å². The van der Waals surface area contributed by atoms with E-state index < -0.39 is 9.64 Å². The van der Waals surface area contributed by atoms with Gasteiger partial charge in [0.2, 0.25) is 0 Å². The maximum atomic E-state index is 9.82. The van der Waals surface area contributed by atoms with Gasteiger partial charge in [-0.25, -0.2) is 0 Å². The van der Waals surface area contributed by atoms with Crippen LogP contribution >= 0.6 is 0 Å². The molecule has 6 heavy (non-hydrogen) atoms. The highest BCUT2D eigenvalue weighted by atomic mass is 32.9. The van der Waals surface area contributed by atoms with Crippen LogP contribution in [-0.4, -0.2) is 17.1 Å². The molecule has 0 saturated carbocycles. The van der Waals surface area contributed by atoms with Gasteiger partial charge in [0.05, 0.1) is 0 Å². The highest BCUT2D eigenvalue weighted by molar-refractivity contribution is 8.35. The zero-order chi connectivity index (χ0) is 5.15. The summed E-state index contributed by atoms with van der Waals surface area (Å²) in [5, 5.41) is 0. The lowest BCUT2D eigenvalue weighted by Crippen LogP contribution is -1.82. The van der Waals surface area contributed by atoms with E-state index in [9.17, 15) is 4.21 Å². The first kappa shape index (κ1) is 6.46. The first-order valence-electron chi connectivity index (χ1n) is 1.33. The van der Waals surface area contributed by atoms with Crippen LogP contribution in [0.5, 0.6) is 0 Å². The standard InChI is InChI=1S/C2H7O2S2/c1-5(2)6(3)4/h1-2H3,(H,3,4)/q-1.